The lowest BCUT2D eigenvalue weighted by atomic mass is 9.92. The van der Waals surface area contributed by atoms with E-state index in [4.69, 9.17) is 0 Å². The molecule has 7 rings (SSSR count). The Hall–Kier alpha value is -6.66. The Morgan fingerprint density at radius 3 is 1.10 bits per heavy atom. The maximum Gasteiger partial charge on any atom is 0.122 e. The first-order valence-electron chi connectivity index (χ1n) is 19.9. The third-order valence-corrected chi connectivity index (χ3v) is 11.2. The molecule has 0 aliphatic carbocycles. The van der Waals surface area contributed by atoms with Gasteiger partial charge in [0.25, 0.3) is 0 Å². The fourth-order valence-electron chi connectivity index (χ4n) is 7.64. The molecule has 7 aromatic carbocycles. The van der Waals surface area contributed by atoms with Crippen LogP contribution in [0.25, 0.3) is 11.1 Å². The predicted octanol–water partition coefficient (Wildman–Crippen LogP) is 11.8. The lowest BCUT2D eigenvalue weighted by Crippen LogP contribution is -1.99. The second-order valence-electron chi connectivity index (χ2n) is 16.0. The average Bonchev–Trinajstić information content (AvgIpc) is 3.19. The number of phenolic OH excluding ortho intramolecular Hbond substituents is 6. The van der Waals surface area contributed by atoms with Crippen molar-refractivity contribution in [2.75, 3.05) is 0 Å². The van der Waals surface area contributed by atoms with E-state index >= 15 is 0 Å². The van der Waals surface area contributed by atoms with E-state index in [2.05, 4.69) is 12.1 Å². The summed E-state index contributed by atoms with van der Waals surface area (Å²) in [6, 6.07) is 36.9. The summed E-state index contributed by atoms with van der Waals surface area (Å²) in [6.07, 6.45) is 2.35. The molecule has 0 aromatic heterocycles. The van der Waals surface area contributed by atoms with Crippen molar-refractivity contribution in [3.05, 3.63) is 199 Å². The van der Waals surface area contributed by atoms with Gasteiger partial charge in [0.1, 0.15) is 34.5 Å². The van der Waals surface area contributed by atoms with Gasteiger partial charge in [-0.05, 0) is 174 Å². The quantitative estimate of drug-likeness (QED) is 0.0866. The smallest absolute Gasteiger partial charge is 0.122 e. The van der Waals surface area contributed by atoms with Crippen molar-refractivity contribution in [3.8, 4) is 45.6 Å². The van der Waals surface area contributed by atoms with E-state index in [9.17, 15) is 30.6 Å². The minimum absolute atomic E-state index is 0.273. The first kappa shape index (κ1) is 42.0. The number of rotatable bonds is 9. The molecule has 7 aromatic rings. The Bertz CT molecular complexity index is 2480. The summed E-state index contributed by atoms with van der Waals surface area (Å²) < 4.78 is 0. The zero-order valence-corrected chi connectivity index (χ0v) is 35.0. The zero-order chi connectivity index (χ0) is 42.5. The number of hydrogen-bond acceptors (Lipinski definition) is 6. The van der Waals surface area contributed by atoms with Crippen molar-refractivity contribution in [1.82, 2.24) is 0 Å². The standard InChI is InChI=1S/C28H26O3.C25H28O3/c1-18-12-20(8-10-26(18)29)14-24-16-23(22-6-4-3-5-7-22)17-25(28(24)31)15-21-9-11-27(30)19(2)13-21;1-14-6-21(12-19-8-17(4)23(26)10-15(19)2)25(28)22(7-14)13-20-9-18(5)24(27)11-16(20)3/h3-13,16-17,29-31H,14-15H2,1-2H3;6-11,26-28H,12-13H2,1-5H3. The summed E-state index contributed by atoms with van der Waals surface area (Å²) >= 11 is 0. The summed E-state index contributed by atoms with van der Waals surface area (Å²) in [5.74, 6) is 1.75. The lowest BCUT2D eigenvalue weighted by Gasteiger charge is -2.15. The van der Waals surface area contributed by atoms with E-state index in [0.29, 0.717) is 42.9 Å². The number of benzene rings is 7. The van der Waals surface area contributed by atoms with Crippen LogP contribution in [0.3, 0.4) is 0 Å². The molecule has 0 saturated carbocycles. The van der Waals surface area contributed by atoms with Crippen LogP contribution in [-0.4, -0.2) is 30.6 Å². The van der Waals surface area contributed by atoms with Gasteiger partial charge in [-0.25, -0.2) is 0 Å². The van der Waals surface area contributed by atoms with Crippen LogP contribution in [0.1, 0.15) is 83.5 Å². The molecular weight excluding hydrogens is 733 g/mol. The average molecular weight is 787 g/mol. The molecule has 0 saturated heterocycles. The Morgan fingerprint density at radius 1 is 0.305 bits per heavy atom. The van der Waals surface area contributed by atoms with Crippen molar-refractivity contribution < 1.29 is 30.6 Å². The van der Waals surface area contributed by atoms with Crippen LogP contribution in [0.5, 0.6) is 34.5 Å². The van der Waals surface area contributed by atoms with Gasteiger partial charge in [0.15, 0.2) is 0 Å². The predicted molar refractivity (Wildman–Crippen MR) is 238 cm³/mol. The van der Waals surface area contributed by atoms with Crippen LogP contribution in [0.2, 0.25) is 0 Å². The molecular formula is C53H54O6. The summed E-state index contributed by atoms with van der Waals surface area (Å²) in [5, 5.41) is 61.6. The van der Waals surface area contributed by atoms with Gasteiger partial charge in [-0.1, -0.05) is 84.4 Å². The molecule has 302 valence electrons. The first-order valence-corrected chi connectivity index (χ1v) is 19.9. The van der Waals surface area contributed by atoms with Gasteiger partial charge in [-0.15, -0.1) is 0 Å². The SMILES string of the molecule is Cc1cc(Cc2cc(-c3ccccc3)cc(Cc3ccc(O)c(C)c3)c2O)ccc1O.Cc1cc(Cc2cc(C)c(O)cc2C)c(O)c(Cc2cc(C)c(O)cc2C)c1. The highest BCUT2D eigenvalue weighted by molar-refractivity contribution is 5.68. The molecule has 0 fully saturated rings. The van der Waals surface area contributed by atoms with Crippen LogP contribution in [-0.2, 0) is 25.7 Å². The molecule has 0 spiro atoms. The monoisotopic (exact) mass is 786 g/mol. The molecule has 0 aliphatic heterocycles. The fraction of sp³-hybridized carbons (Fsp3) is 0.208. The number of hydrogen-bond donors (Lipinski definition) is 6. The highest BCUT2D eigenvalue weighted by atomic mass is 16.3. The van der Waals surface area contributed by atoms with E-state index < -0.39 is 0 Å². The van der Waals surface area contributed by atoms with Crippen LogP contribution in [0.4, 0.5) is 0 Å². The second kappa shape index (κ2) is 17.9. The minimum atomic E-state index is 0.273. The normalized spacial score (nSPS) is 11.0. The van der Waals surface area contributed by atoms with Gasteiger partial charge < -0.3 is 30.6 Å². The highest BCUT2D eigenvalue weighted by Gasteiger charge is 2.16. The van der Waals surface area contributed by atoms with E-state index in [1.165, 1.54) is 0 Å². The highest BCUT2D eigenvalue weighted by Crippen LogP contribution is 2.35. The minimum Gasteiger partial charge on any atom is -0.508 e. The number of aromatic hydroxyl groups is 6. The molecule has 0 aliphatic rings. The second-order valence-corrected chi connectivity index (χ2v) is 16.0. The van der Waals surface area contributed by atoms with E-state index in [-0.39, 0.29) is 17.2 Å². The van der Waals surface area contributed by atoms with Gasteiger partial charge in [0.05, 0.1) is 0 Å². The Labute approximate surface area is 348 Å². The van der Waals surface area contributed by atoms with Gasteiger partial charge in [-0.2, -0.15) is 0 Å². The third-order valence-electron chi connectivity index (χ3n) is 11.2. The number of phenols is 6. The largest absolute Gasteiger partial charge is 0.508 e. The Kier molecular flexibility index (Phi) is 12.7. The van der Waals surface area contributed by atoms with Gasteiger partial charge in [0, 0.05) is 25.7 Å². The van der Waals surface area contributed by atoms with Gasteiger partial charge in [0.2, 0.25) is 0 Å². The van der Waals surface area contributed by atoms with Crippen molar-refractivity contribution >= 4 is 0 Å². The molecule has 0 heterocycles. The number of aryl methyl sites for hydroxylation is 7. The molecule has 0 atom stereocenters. The zero-order valence-electron chi connectivity index (χ0n) is 35.0. The van der Waals surface area contributed by atoms with Crippen LogP contribution in [0.15, 0.2) is 115 Å². The van der Waals surface area contributed by atoms with Crippen LogP contribution >= 0.6 is 0 Å². The molecule has 6 N–H and O–H groups in total. The maximum atomic E-state index is 11.1. The first-order chi connectivity index (χ1) is 28.1. The van der Waals surface area contributed by atoms with Gasteiger partial charge in [-0.3, -0.25) is 0 Å². The molecule has 6 nitrogen and oxygen atoms in total. The van der Waals surface area contributed by atoms with Gasteiger partial charge >= 0.3 is 0 Å². The topological polar surface area (TPSA) is 121 Å². The Morgan fingerprint density at radius 2 is 0.695 bits per heavy atom. The third kappa shape index (κ3) is 10.1. The van der Waals surface area contributed by atoms with Crippen molar-refractivity contribution in [3.63, 3.8) is 0 Å². The van der Waals surface area contributed by atoms with Crippen molar-refractivity contribution in [1.29, 1.82) is 0 Å². The lowest BCUT2D eigenvalue weighted by molar-refractivity contribution is 0.462. The van der Waals surface area contributed by atoms with E-state index in [1.54, 1.807) is 24.3 Å². The van der Waals surface area contributed by atoms with Crippen molar-refractivity contribution in [2.45, 2.75) is 74.1 Å². The molecule has 59 heavy (non-hydrogen) atoms. The fourth-order valence-corrected chi connectivity index (χ4v) is 7.64. The summed E-state index contributed by atoms with van der Waals surface area (Å²) in [5.41, 5.74) is 16.3. The molecule has 0 radical (unpaired) electrons. The molecule has 0 bridgehead atoms. The molecule has 6 heteroatoms. The molecule has 0 amide bonds. The van der Waals surface area contributed by atoms with E-state index in [0.717, 1.165) is 94.6 Å². The summed E-state index contributed by atoms with van der Waals surface area (Å²) in [6.45, 7) is 13.5. The summed E-state index contributed by atoms with van der Waals surface area (Å²) in [4.78, 5) is 0. The summed E-state index contributed by atoms with van der Waals surface area (Å²) in [7, 11) is 0. The Balaban J connectivity index is 0.000000199. The van der Waals surface area contributed by atoms with Crippen LogP contribution in [0, 0.1) is 48.5 Å². The molecule has 0 unspecified atom stereocenters. The van der Waals surface area contributed by atoms with Crippen LogP contribution < -0.4 is 0 Å². The maximum absolute atomic E-state index is 11.1. The van der Waals surface area contributed by atoms with Crippen molar-refractivity contribution in [2.24, 2.45) is 0 Å². The van der Waals surface area contributed by atoms with E-state index in [1.807, 2.05) is 127 Å².